The first-order chi connectivity index (χ1) is 19.9. The number of benzene rings is 4. The number of amides is 3. The van der Waals surface area contributed by atoms with Crippen molar-refractivity contribution in [2.24, 2.45) is 0 Å². The summed E-state index contributed by atoms with van der Waals surface area (Å²) in [6, 6.07) is 27.2. The van der Waals surface area contributed by atoms with Crippen molar-refractivity contribution < 1.29 is 28.7 Å². The molecule has 0 aromatic heterocycles. The standard InChI is InChI=1S/C32H26N2O6S/c1-21-9-15-25(16-10-21)33-29(35)20-40-31(37)24-13-11-22(12-14-24)19-28-30(36)34(32(38)41-28)17-18-39-27-8-4-6-23-5-2-3-7-26(23)27/h2-16,19H,17-18,20H2,1H3,(H,33,35)/b28-19-. The first-order valence-electron chi connectivity index (χ1n) is 12.9. The fraction of sp³-hybridized carbons (Fsp3) is 0.125. The van der Waals surface area contributed by atoms with Crippen molar-refractivity contribution in [3.8, 4) is 5.75 Å². The van der Waals surface area contributed by atoms with Crippen LogP contribution < -0.4 is 10.1 Å². The Morgan fingerprint density at radius 1 is 0.902 bits per heavy atom. The van der Waals surface area contributed by atoms with Gasteiger partial charge < -0.3 is 14.8 Å². The lowest BCUT2D eigenvalue weighted by atomic mass is 10.1. The highest BCUT2D eigenvalue weighted by molar-refractivity contribution is 8.18. The first kappa shape index (κ1) is 27.7. The quantitative estimate of drug-likeness (QED) is 0.194. The topological polar surface area (TPSA) is 102 Å². The van der Waals surface area contributed by atoms with E-state index in [9.17, 15) is 19.2 Å². The second-order valence-electron chi connectivity index (χ2n) is 9.27. The first-order valence-corrected chi connectivity index (χ1v) is 13.7. The number of hydrogen-bond donors (Lipinski definition) is 1. The van der Waals surface area contributed by atoms with Gasteiger partial charge in [0.05, 0.1) is 17.0 Å². The van der Waals surface area contributed by atoms with Gasteiger partial charge in [-0.2, -0.15) is 0 Å². The molecule has 206 valence electrons. The van der Waals surface area contributed by atoms with Gasteiger partial charge in [0.1, 0.15) is 12.4 Å². The number of imide groups is 1. The maximum absolute atomic E-state index is 12.9. The fourth-order valence-corrected chi connectivity index (χ4v) is 5.04. The predicted molar refractivity (Wildman–Crippen MR) is 159 cm³/mol. The Hall–Kier alpha value is -4.89. The van der Waals surface area contributed by atoms with Crippen LogP contribution in [0.5, 0.6) is 5.75 Å². The maximum atomic E-state index is 12.9. The lowest BCUT2D eigenvalue weighted by molar-refractivity contribution is -0.123. The average molecular weight is 567 g/mol. The number of anilines is 1. The van der Waals surface area contributed by atoms with Gasteiger partial charge in [-0.05, 0) is 66.0 Å². The van der Waals surface area contributed by atoms with E-state index in [1.54, 1.807) is 30.3 Å². The third-order valence-electron chi connectivity index (χ3n) is 6.31. The molecule has 0 saturated carbocycles. The highest BCUT2D eigenvalue weighted by atomic mass is 32.2. The van der Waals surface area contributed by atoms with Gasteiger partial charge in [-0.15, -0.1) is 0 Å². The number of nitrogens with zero attached hydrogens (tertiary/aromatic N) is 1. The fourth-order valence-electron chi connectivity index (χ4n) is 4.18. The largest absolute Gasteiger partial charge is 0.491 e. The van der Waals surface area contributed by atoms with E-state index in [1.807, 2.05) is 61.5 Å². The van der Waals surface area contributed by atoms with Gasteiger partial charge in [-0.25, -0.2) is 4.79 Å². The Morgan fingerprint density at radius 2 is 1.63 bits per heavy atom. The molecule has 1 aliphatic rings. The lowest BCUT2D eigenvalue weighted by Crippen LogP contribution is -2.32. The van der Waals surface area contributed by atoms with Crippen molar-refractivity contribution in [2.75, 3.05) is 25.1 Å². The van der Waals surface area contributed by atoms with E-state index in [0.29, 0.717) is 17.0 Å². The van der Waals surface area contributed by atoms with Gasteiger partial charge >= 0.3 is 5.97 Å². The van der Waals surface area contributed by atoms with E-state index >= 15 is 0 Å². The molecule has 0 unspecified atom stereocenters. The van der Waals surface area contributed by atoms with E-state index in [2.05, 4.69) is 5.32 Å². The minimum absolute atomic E-state index is 0.119. The summed E-state index contributed by atoms with van der Waals surface area (Å²) in [5, 5.41) is 4.30. The number of thioether (sulfide) groups is 1. The molecular weight excluding hydrogens is 540 g/mol. The van der Waals surface area contributed by atoms with Crippen LogP contribution in [0, 0.1) is 6.92 Å². The maximum Gasteiger partial charge on any atom is 0.338 e. The Balaban J connectivity index is 1.13. The van der Waals surface area contributed by atoms with E-state index in [0.717, 1.165) is 33.0 Å². The average Bonchev–Trinajstić information content (AvgIpc) is 3.25. The van der Waals surface area contributed by atoms with Gasteiger partial charge in [0.2, 0.25) is 0 Å². The van der Waals surface area contributed by atoms with Gasteiger partial charge in [0.25, 0.3) is 17.1 Å². The Morgan fingerprint density at radius 3 is 2.41 bits per heavy atom. The molecule has 4 aromatic rings. The number of carbonyl (C=O) groups is 4. The Kier molecular flexibility index (Phi) is 8.45. The molecule has 5 rings (SSSR count). The number of ether oxygens (including phenoxy) is 2. The molecule has 0 aliphatic carbocycles. The number of fused-ring (bicyclic) bond motifs is 1. The second-order valence-corrected chi connectivity index (χ2v) is 10.3. The summed E-state index contributed by atoms with van der Waals surface area (Å²) in [6.07, 6.45) is 1.60. The molecule has 0 atom stereocenters. The van der Waals surface area contributed by atoms with Crippen LogP contribution in [0.4, 0.5) is 10.5 Å². The molecule has 1 saturated heterocycles. The minimum Gasteiger partial charge on any atom is -0.491 e. The van der Waals surface area contributed by atoms with Crippen LogP contribution >= 0.6 is 11.8 Å². The molecule has 3 amide bonds. The molecule has 1 N–H and O–H groups in total. The molecule has 0 bridgehead atoms. The number of rotatable bonds is 9. The van der Waals surface area contributed by atoms with Gasteiger partial charge in [-0.1, -0.05) is 66.2 Å². The van der Waals surface area contributed by atoms with Gasteiger partial charge in [-0.3, -0.25) is 19.3 Å². The molecule has 8 nitrogen and oxygen atoms in total. The highest BCUT2D eigenvalue weighted by Gasteiger charge is 2.34. The summed E-state index contributed by atoms with van der Waals surface area (Å²) in [4.78, 5) is 51.3. The summed E-state index contributed by atoms with van der Waals surface area (Å²) in [6.45, 7) is 1.80. The molecule has 0 radical (unpaired) electrons. The van der Waals surface area contributed by atoms with Crippen LogP contribution in [0.1, 0.15) is 21.5 Å². The zero-order chi connectivity index (χ0) is 28.8. The van der Waals surface area contributed by atoms with Crippen LogP contribution in [0.3, 0.4) is 0 Å². The van der Waals surface area contributed by atoms with Crippen molar-refractivity contribution in [3.63, 3.8) is 0 Å². The SMILES string of the molecule is Cc1ccc(NC(=O)COC(=O)c2ccc(/C=C3\SC(=O)N(CCOc4cccc5ccccc45)C3=O)cc2)cc1. The zero-order valence-corrected chi connectivity index (χ0v) is 23.0. The van der Waals surface area contributed by atoms with Crippen LogP contribution in [-0.2, 0) is 14.3 Å². The summed E-state index contributed by atoms with van der Waals surface area (Å²) in [7, 11) is 0. The minimum atomic E-state index is -0.651. The third-order valence-corrected chi connectivity index (χ3v) is 7.22. The molecule has 0 spiro atoms. The number of nitrogens with one attached hydrogen (secondary N) is 1. The Bertz CT molecular complexity index is 1640. The van der Waals surface area contributed by atoms with Crippen molar-refractivity contribution in [1.82, 2.24) is 4.90 Å². The Labute approximate surface area is 240 Å². The van der Waals surface area contributed by atoms with Crippen LogP contribution in [0.15, 0.2) is 95.9 Å². The van der Waals surface area contributed by atoms with Crippen molar-refractivity contribution in [1.29, 1.82) is 0 Å². The lowest BCUT2D eigenvalue weighted by Gasteiger charge is -2.14. The molecule has 1 aliphatic heterocycles. The highest BCUT2D eigenvalue weighted by Crippen LogP contribution is 2.32. The second kappa shape index (κ2) is 12.5. The van der Waals surface area contributed by atoms with Gasteiger partial charge in [0, 0.05) is 11.1 Å². The van der Waals surface area contributed by atoms with Crippen LogP contribution in [0.25, 0.3) is 16.8 Å². The van der Waals surface area contributed by atoms with Crippen LogP contribution in [-0.4, -0.2) is 47.7 Å². The zero-order valence-electron chi connectivity index (χ0n) is 22.2. The summed E-state index contributed by atoms with van der Waals surface area (Å²) in [5.74, 6) is -0.806. The number of carbonyl (C=O) groups excluding carboxylic acids is 4. The monoisotopic (exact) mass is 566 g/mol. The molecule has 41 heavy (non-hydrogen) atoms. The van der Waals surface area contributed by atoms with E-state index in [1.165, 1.54) is 12.1 Å². The molecule has 9 heteroatoms. The van der Waals surface area contributed by atoms with Crippen molar-refractivity contribution in [3.05, 3.63) is 113 Å². The summed E-state index contributed by atoms with van der Waals surface area (Å²) >= 11 is 0.856. The summed E-state index contributed by atoms with van der Waals surface area (Å²) < 4.78 is 11.0. The summed E-state index contributed by atoms with van der Waals surface area (Å²) in [5.41, 5.74) is 2.57. The number of hydrogen-bond acceptors (Lipinski definition) is 7. The van der Waals surface area contributed by atoms with E-state index in [4.69, 9.17) is 9.47 Å². The molecular formula is C32H26N2O6S. The molecule has 4 aromatic carbocycles. The van der Waals surface area contributed by atoms with Crippen molar-refractivity contribution in [2.45, 2.75) is 6.92 Å². The molecule has 1 fully saturated rings. The third kappa shape index (κ3) is 6.82. The van der Waals surface area contributed by atoms with Crippen molar-refractivity contribution >= 4 is 57.3 Å². The smallest absolute Gasteiger partial charge is 0.338 e. The van der Waals surface area contributed by atoms with E-state index in [-0.39, 0.29) is 28.9 Å². The predicted octanol–water partition coefficient (Wildman–Crippen LogP) is 6.06. The number of aryl methyl sites for hydroxylation is 1. The molecule has 1 heterocycles. The van der Waals surface area contributed by atoms with E-state index < -0.39 is 24.4 Å². The van der Waals surface area contributed by atoms with Crippen LogP contribution in [0.2, 0.25) is 0 Å². The van der Waals surface area contributed by atoms with Gasteiger partial charge in [0.15, 0.2) is 6.61 Å². The number of esters is 1. The normalized spacial score (nSPS) is 14.0.